The number of rotatable bonds is 6. The zero-order chi connectivity index (χ0) is 23.4. The molecule has 6 nitrogen and oxygen atoms in total. The highest BCUT2D eigenvalue weighted by molar-refractivity contribution is 5.42. The fourth-order valence-corrected chi connectivity index (χ4v) is 7.53. The molecule has 6 unspecified atom stereocenters. The zero-order valence-corrected chi connectivity index (χ0v) is 20.6. The number of piperidine rings is 6. The molecule has 6 atom stereocenters. The molecule has 7 aliphatic rings. The van der Waals surface area contributed by atoms with E-state index in [-0.39, 0.29) is 12.2 Å². The van der Waals surface area contributed by atoms with Crippen molar-refractivity contribution in [1.82, 2.24) is 9.80 Å². The van der Waals surface area contributed by atoms with Gasteiger partial charge in [0.05, 0.1) is 19.8 Å². The molecule has 0 spiro atoms. The highest BCUT2D eigenvalue weighted by Gasteiger charge is 2.54. The first kappa shape index (κ1) is 21.8. The van der Waals surface area contributed by atoms with E-state index in [1.807, 2.05) is 18.2 Å². The Hall–Kier alpha value is -2.44. The maximum Gasteiger partial charge on any atom is 0.123 e. The van der Waals surface area contributed by atoms with Gasteiger partial charge in [-0.3, -0.25) is 9.80 Å². The van der Waals surface area contributed by atoms with Crippen LogP contribution in [0.3, 0.4) is 0 Å². The molecule has 6 fully saturated rings. The molecule has 0 N–H and O–H groups in total. The van der Waals surface area contributed by atoms with Gasteiger partial charge < -0.3 is 18.9 Å². The summed E-state index contributed by atoms with van der Waals surface area (Å²) in [6.45, 7) is 6.57. The Morgan fingerprint density at radius 1 is 0.857 bits per heavy atom. The van der Waals surface area contributed by atoms with Gasteiger partial charge >= 0.3 is 0 Å². The lowest BCUT2D eigenvalue weighted by atomic mass is 9.67. The normalized spacial score (nSPS) is 36.9. The molecule has 0 radical (unpaired) electrons. The molecule has 0 aromatic heterocycles. The Morgan fingerprint density at radius 3 is 2.57 bits per heavy atom. The molecule has 35 heavy (non-hydrogen) atoms. The molecule has 7 aliphatic heterocycles. The Bertz CT molecular complexity index is 1070. The third-order valence-electron chi connectivity index (χ3n) is 9.21. The second-order valence-electron chi connectivity index (χ2n) is 11.0. The molecule has 186 valence electrons. The molecule has 4 bridgehead atoms. The van der Waals surface area contributed by atoms with Crippen molar-refractivity contribution in [3.8, 4) is 23.0 Å². The molecule has 9 rings (SSSR count). The summed E-state index contributed by atoms with van der Waals surface area (Å²) < 4.78 is 24.7. The van der Waals surface area contributed by atoms with Crippen molar-refractivity contribution in [2.75, 3.05) is 46.4 Å². The summed E-state index contributed by atoms with van der Waals surface area (Å²) in [5.74, 6) is 5.57. The number of benzene rings is 2. The second-order valence-corrected chi connectivity index (χ2v) is 11.0. The van der Waals surface area contributed by atoms with Crippen molar-refractivity contribution >= 4 is 0 Å². The molecule has 6 heteroatoms. The first-order valence-electron chi connectivity index (χ1n) is 13.4. The van der Waals surface area contributed by atoms with Crippen LogP contribution in [0.5, 0.6) is 23.0 Å². The van der Waals surface area contributed by atoms with E-state index in [1.165, 1.54) is 44.5 Å². The third-order valence-corrected chi connectivity index (χ3v) is 9.21. The van der Waals surface area contributed by atoms with E-state index in [4.69, 9.17) is 18.9 Å². The van der Waals surface area contributed by atoms with E-state index in [2.05, 4.69) is 34.1 Å². The number of hydrogen-bond donors (Lipinski definition) is 0. The summed E-state index contributed by atoms with van der Waals surface area (Å²) in [7, 11) is 1.72. The molecule has 7 heterocycles. The molecular weight excluding hydrogens is 440 g/mol. The van der Waals surface area contributed by atoms with E-state index in [1.54, 1.807) is 7.11 Å². The minimum Gasteiger partial charge on any atom is -0.497 e. The van der Waals surface area contributed by atoms with Gasteiger partial charge in [-0.15, -0.1) is 0 Å². The van der Waals surface area contributed by atoms with Gasteiger partial charge in [-0.25, -0.2) is 0 Å². The largest absolute Gasteiger partial charge is 0.497 e. The van der Waals surface area contributed by atoms with Crippen molar-refractivity contribution < 1.29 is 18.9 Å². The Kier molecular flexibility index (Phi) is 5.54. The minimum atomic E-state index is 0.230. The quantitative estimate of drug-likeness (QED) is 0.631. The van der Waals surface area contributed by atoms with Crippen molar-refractivity contribution in [3.63, 3.8) is 0 Å². The van der Waals surface area contributed by atoms with Gasteiger partial charge in [0, 0.05) is 37.1 Å². The van der Waals surface area contributed by atoms with E-state index >= 15 is 0 Å². The van der Waals surface area contributed by atoms with Crippen LogP contribution in [0.15, 0.2) is 42.5 Å². The second kappa shape index (κ2) is 8.90. The molecule has 0 amide bonds. The summed E-state index contributed by atoms with van der Waals surface area (Å²) in [6.07, 6.45) is 5.14. The highest BCUT2D eigenvalue weighted by Crippen LogP contribution is 2.45. The van der Waals surface area contributed by atoms with Crippen LogP contribution >= 0.6 is 0 Å². The van der Waals surface area contributed by atoms with Gasteiger partial charge in [0.1, 0.15) is 35.2 Å². The van der Waals surface area contributed by atoms with Gasteiger partial charge in [0.15, 0.2) is 0 Å². The van der Waals surface area contributed by atoms with Gasteiger partial charge in [0.25, 0.3) is 0 Å². The molecule has 2 aromatic carbocycles. The Morgan fingerprint density at radius 2 is 1.71 bits per heavy atom. The Balaban J connectivity index is 1.14. The van der Waals surface area contributed by atoms with Crippen LogP contribution in [-0.4, -0.2) is 74.5 Å². The number of nitrogens with zero attached hydrogens (tertiary/aromatic N) is 2. The molecular formula is C29H36N2O4. The van der Waals surface area contributed by atoms with Gasteiger partial charge in [-0.05, 0) is 81.1 Å². The number of fused-ring (bicyclic) bond motifs is 8. The van der Waals surface area contributed by atoms with Crippen LogP contribution in [0.4, 0.5) is 0 Å². The molecule has 2 aromatic rings. The van der Waals surface area contributed by atoms with Crippen molar-refractivity contribution in [2.45, 2.75) is 43.9 Å². The van der Waals surface area contributed by atoms with E-state index in [9.17, 15) is 0 Å². The fourth-order valence-electron chi connectivity index (χ4n) is 7.53. The summed E-state index contributed by atoms with van der Waals surface area (Å²) in [5, 5.41) is 0. The standard InChI is InChI=1S/C29H36N2O4/c1-32-21-3-2-4-22(16-21)35-29-19-7-12-31(13-8-19)28(29)25-17-30-11-9-24(25)27(18-30)34-23-5-6-26-20(15-23)10-14-33-26/h2-6,15-16,19,24-25,27-29H,7-14,17-18H2,1H3. The lowest BCUT2D eigenvalue weighted by Crippen LogP contribution is -2.69. The van der Waals surface area contributed by atoms with Crippen LogP contribution in [-0.2, 0) is 6.42 Å². The van der Waals surface area contributed by atoms with Crippen LogP contribution in [0.2, 0.25) is 0 Å². The van der Waals surface area contributed by atoms with E-state index in [0.29, 0.717) is 23.8 Å². The smallest absolute Gasteiger partial charge is 0.123 e. The molecule has 0 aliphatic carbocycles. The maximum atomic E-state index is 6.81. The fraction of sp³-hybridized carbons (Fsp3) is 0.586. The first-order valence-corrected chi connectivity index (χ1v) is 13.4. The predicted molar refractivity (Wildman–Crippen MR) is 134 cm³/mol. The summed E-state index contributed by atoms with van der Waals surface area (Å²) in [6, 6.07) is 15.0. The minimum absolute atomic E-state index is 0.230. The average molecular weight is 477 g/mol. The topological polar surface area (TPSA) is 43.4 Å². The number of ether oxygens (including phenoxy) is 4. The van der Waals surface area contributed by atoms with Gasteiger partial charge in [0.2, 0.25) is 0 Å². The van der Waals surface area contributed by atoms with Crippen molar-refractivity contribution in [2.24, 2.45) is 17.8 Å². The zero-order valence-electron chi connectivity index (χ0n) is 20.6. The van der Waals surface area contributed by atoms with Crippen molar-refractivity contribution in [3.05, 3.63) is 48.0 Å². The highest BCUT2D eigenvalue weighted by atomic mass is 16.5. The van der Waals surface area contributed by atoms with Crippen LogP contribution < -0.4 is 18.9 Å². The van der Waals surface area contributed by atoms with Gasteiger partial charge in [-0.2, -0.15) is 0 Å². The summed E-state index contributed by atoms with van der Waals surface area (Å²) >= 11 is 0. The SMILES string of the molecule is COc1cccc(OC2C3CCN(CC3)C2C2CN3CCC2C(Oc2ccc4c(c2)CCO4)C3)c1. The summed E-state index contributed by atoms with van der Waals surface area (Å²) in [5.41, 5.74) is 1.28. The van der Waals surface area contributed by atoms with Gasteiger partial charge in [-0.1, -0.05) is 6.07 Å². The first-order chi connectivity index (χ1) is 17.2. The summed E-state index contributed by atoms with van der Waals surface area (Å²) in [4.78, 5) is 5.37. The van der Waals surface area contributed by atoms with Crippen LogP contribution in [0, 0.1) is 17.8 Å². The van der Waals surface area contributed by atoms with Crippen LogP contribution in [0.25, 0.3) is 0 Å². The monoisotopic (exact) mass is 476 g/mol. The van der Waals surface area contributed by atoms with E-state index < -0.39 is 0 Å². The molecule has 6 saturated heterocycles. The number of hydrogen-bond acceptors (Lipinski definition) is 6. The molecule has 0 saturated carbocycles. The number of methoxy groups -OCH3 is 1. The lowest BCUT2D eigenvalue weighted by Gasteiger charge is -2.59. The Labute approximate surface area is 208 Å². The third kappa shape index (κ3) is 3.95. The van der Waals surface area contributed by atoms with Crippen molar-refractivity contribution in [1.29, 1.82) is 0 Å². The van der Waals surface area contributed by atoms with Crippen LogP contribution in [0.1, 0.15) is 24.8 Å². The average Bonchev–Trinajstić information content (AvgIpc) is 3.38. The van der Waals surface area contributed by atoms with E-state index in [0.717, 1.165) is 49.1 Å². The lowest BCUT2D eigenvalue weighted by molar-refractivity contribution is -0.136. The predicted octanol–water partition coefficient (Wildman–Crippen LogP) is 3.87. The maximum absolute atomic E-state index is 6.81.